The molecule has 0 saturated heterocycles. The third kappa shape index (κ3) is 3.32. The predicted molar refractivity (Wildman–Crippen MR) is 65.8 cm³/mol. The van der Waals surface area contributed by atoms with Gasteiger partial charge in [0.2, 0.25) is 0 Å². The van der Waals surface area contributed by atoms with Crippen molar-refractivity contribution in [3.63, 3.8) is 0 Å². The van der Waals surface area contributed by atoms with Crippen LogP contribution < -0.4 is 5.32 Å². The average molecular weight is 266 g/mol. The number of aromatic nitrogens is 1. The van der Waals surface area contributed by atoms with Crippen LogP contribution in [0.5, 0.6) is 0 Å². The van der Waals surface area contributed by atoms with E-state index >= 15 is 0 Å². The summed E-state index contributed by atoms with van der Waals surface area (Å²) < 4.78 is 39.2. The minimum atomic E-state index is -1.18. The number of nitrogens with one attached hydrogen (secondary N) is 1. The van der Waals surface area contributed by atoms with Gasteiger partial charge >= 0.3 is 0 Å². The van der Waals surface area contributed by atoms with Gasteiger partial charge in [0, 0.05) is 36.6 Å². The molecule has 0 fully saturated rings. The summed E-state index contributed by atoms with van der Waals surface area (Å²) in [6, 6.07) is 5.04. The molecule has 5 heteroatoms. The number of benzene rings is 1. The first-order valence-electron chi connectivity index (χ1n) is 5.84. The van der Waals surface area contributed by atoms with Crippen LogP contribution in [-0.4, -0.2) is 4.98 Å². The summed E-state index contributed by atoms with van der Waals surface area (Å²) in [7, 11) is 0. The molecule has 2 rings (SSSR count). The largest absolute Gasteiger partial charge is 0.306 e. The van der Waals surface area contributed by atoms with Gasteiger partial charge in [-0.3, -0.25) is 4.98 Å². The van der Waals surface area contributed by atoms with Gasteiger partial charge in [-0.25, -0.2) is 13.2 Å². The Morgan fingerprint density at radius 3 is 2.58 bits per heavy atom. The zero-order valence-corrected chi connectivity index (χ0v) is 10.3. The minimum Gasteiger partial charge on any atom is -0.306 e. The molecule has 2 aromatic rings. The average Bonchev–Trinajstić information content (AvgIpc) is 2.42. The van der Waals surface area contributed by atoms with Crippen LogP contribution in [0.25, 0.3) is 0 Å². The zero-order chi connectivity index (χ0) is 13.8. The fourth-order valence-electron chi connectivity index (χ4n) is 1.71. The summed E-state index contributed by atoms with van der Waals surface area (Å²) in [5, 5.41) is 3.03. The molecule has 0 aliphatic carbocycles. The summed E-state index contributed by atoms with van der Waals surface area (Å²) >= 11 is 0. The summed E-state index contributed by atoms with van der Waals surface area (Å²) in [5.74, 6) is -2.99. The highest BCUT2D eigenvalue weighted by Crippen LogP contribution is 2.16. The maximum Gasteiger partial charge on any atom is 0.161 e. The third-order valence-electron chi connectivity index (χ3n) is 2.87. The first kappa shape index (κ1) is 13.5. The molecular weight excluding hydrogens is 253 g/mol. The van der Waals surface area contributed by atoms with Gasteiger partial charge in [-0.1, -0.05) is 6.07 Å². The van der Waals surface area contributed by atoms with E-state index in [1.54, 1.807) is 18.5 Å². The Morgan fingerprint density at radius 1 is 1.16 bits per heavy atom. The fourth-order valence-corrected chi connectivity index (χ4v) is 1.71. The van der Waals surface area contributed by atoms with E-state index in [0.717, 1.165) is 11.6 Å². The van der Waals surface area contributed by atoms with E-state index in [4.69, 9.17) is 0 Å². The number of halogens is 3. The normalized spacial score (nSPS) is 12.4. The van der Waals surface area contributed by atoms with Crippen molar-refractivity contribution in [1.29, 1.82) is 0 Å². The highest BCUT2D eigenvalue weighted by atomic mass is 19.2. The second-order valence-corrected chi connectivity index (χ2v) is 4.25. The van der Waals surface area contributed by atoms with Gasteiger partial charge in [-0.05, 0) is 24.6 Å². The van der Waals surface area contributed by atoms with E-state index < -0.39 is 17.5 Å². The van der Waals surface area contributed by atoms with Crippen LogP contribution in [0.15, 0.2) is 36.7 Å². The van der Waals surface area contributed by atoms with Crippen molar-refractivity contribution < 1.29 is 13.2 Å². The monoisotopic (exact) mass is 266 g/mol. The van der Waals surface area contributed by atoms with Crippen molar-refractivity contribution in [2.24, 2.45) is 0 Å². The number of hydrogen-bond donors (Lipinski definition) is 1. The lowest BCUT2D eigenvalue weighted by Gasteiger charge is -2.14. The lowest BCUT2D eigenvalue weighted by atomic mass is 10.1. The van der Waals surface area contributed by atoms with E-state index in [2.05, 4.69) is 10.3 Å². The Hall–Kier alpha value is -1.88. The molecule has 2 nitrogen and oxygen atoms in total. The van der Waals surface area contributed by atoms with Crippen LogP contribution in [0, 0.1) is 17.5 Å². The maximum absolute atomic E-state index is 13.4. The van der Waals surface area contributed by atoms with Crippen molar-refractivity contribution in [1.82, 2.24) is 10.3 Å². The summed E-state index contributed by atoms with van der Waals surface area (Å²) in [6.07, 6.45) is 3.35. The lowest BCUT2D eigenvalue weighted by Crippen LogP contribution is -2.19. The van der Waals surface area contributed by atoms with Crippen LogP contribution in [0.2, 0.25) is 0 Å². The van der Waals surface area contributed by atoms with Gasteiger partial charge < -0.3 is 5.32 Å². The lowest BCUT2D eigenvalue weighted by molar-refractivity contribution is 0.482. The molecule has 1 aromatic heterocycles. The van der Waals surface area contributed by atoms with Crippen LogP contribution in [0.1, 0.15) is 24.1 Å². The molecule has 0 aliphatic rings. The molecule has 1 N–H and O–H groups in total. The van der Waals surface area contributed by atoms with E-state index in [1.807, 2.05) is 13.0 Å². The van der Waals surface area contributed by atoms with Crippen LogP contribution in [0.4, 0.5) is 13.2 Å². The Balaban J connectivity index is 2.05. The Morgan fingerprint density at radius 2 is 1.89 bits per heavy atom. The Labute approximate surface area is 109 Å². The first-order chi connectivity index (χ1) is 9.08. The van der Waals surface area contributed by atoms with Crippen molar-refractivity contribution >= 4 is 0 Å². The molecule has 19 heavy (non-hydrogen) atoms. The quantitative estimate of drug-likeness (QED) is 0.858. The Kier molecular flexibility index (Phi) is 4.16. The zero-order valence-electron chi connectivity index (χ0n) is 10.3. The SMILES string of the molecule is CC(NCc1cc(F)c(F)cc1F)c1cccnc1. The minimum absolute atomic E-state index is 0.0683. The van der Waals surface area contributed by atoms with Crippen molar-refractivity contribution in [2.75, 3.05) is 0 Å². The van der Waals surface area contributed by atoms with Gasteiger partial charge in [-0.2, -0.15) is 0 Å². The standard InChI is InChI=1S/C14H13F3N2/c1-9(10-3-2-4-18-7-10)19-8-11-5-13(16)14(17)6-12(11)15/h2-7,9,19H,8H2,1H3. The fraction of sp³-hybridized carbons (Fsp3) is 0.214. The van der Waals surface area contributed by atoms with Crippen molar-refractivity contribution in [3.05, 3.63) is 65.2 Å². The van der Waals surface area contributed by atoms with Gasteiger partial charge in [-0.15, -0.1) is 0 Å². The molecule has 1 atom stereocenters. The van der Waals surface area contributed by atoms with Gasteiger partial charge in [0.1, 0.15) is 5.82 Å². The maximum atomic E-state index is 13.4. The van der Waals surface area contributed by atoms with E-state index in [9.17, 15) is 13.2 Å². The smallest absolute Gasteiger partial charge is 0.161 e. The molecule has 0 radical (unpaired) electrons. The van der Waals surface area contributed by atoms with Crippen molar-refractivity contribution in [3.8, 4) is 0 Å². The van der Waals surface area contributed by atoms with Gasteiger partial charge in [0.05, 0.1) is 0 Å². The summed E-state index contributed by atoms with van der Waals surface area (Å²) in [5.41, 5.74) is 1.03. The van der Waals surface area contributed by atoms with Crippen LogP contribution in [-0.2, 0) is 6.54 Å². The second-order valence-electron chi connectivity index (χ2n) is 4.25. The van der Waals surface area contributed by atoms with E-state index in [1.165, 1.54) is 0 Å². The van der Waals surface area contributed by atoms with Crippen LogP contribution >= 0.6 is 0 Å². The summed E-state index contributed by atoms with van der Waals surface area (Å²) in [4.78, 5) is 3.98. The van der Waals surface area contributed by atoms with Crippen molar-refractivity contribution in [2.45, 2.75) is 19.5 Å². The summed E-state index contributed by atoms with van der Waals surface area (Å²) in [6.45, 7) is 1.99. The molecule has 100 valence electrons. The van der Waals surface area contributed by atoms with Crippen LogP contribution in [0.3, 0.4) is 0 Å². The highest BCUT2D eigenvalue weighted by Gasteiger charge is 2.11. The number of rotatable bonds is 4. The second kappa shape index (κ2) is 5.84. The van der Waals surface area contributed by atoms with Gasteiger partial charge in [0.15, 0.2) is 11.6 Å². The molecule has 0 saturated carbocycles. The third-order valence-corrected chi connectivity index (χ3v) is 2.87. The molecule has 0 spiro atoms. The number of hydrogen-bond acceptors (Lipinski definition) is 2. The first-order valence-corrected chi connectivity index (χ1v) is 5.84. The molecule has 0 amide bonds. The van der Waals surface area contributed by atoms with E-state index in [-0.39, 0.29) is 18.2 Å². The molecule has 1 heterocycles. The molecule has 0 bridgehead atoms. The molecule has 1 unspecified atom stereocenters. The topological polar surface area (TPSA) is 24.9 Å². The molecule has 0 aliphatic heterocycles. The predicted octanol–water partition coefficient (Wildman–Crippen LogP) is 3.35. The molecular formula is C14H13F3N2. The van der Waals surface area contributed by atoms with E-state index in [0.29, 0.717) is 6.07 Å². The number of pyridine rings is 1. The number of nitrogens with zero attached hydrogens (tertiary/aromatic N) is 1. The highest BCUT2D eigenvalue weighted by molar-refractivity contribution is 5.20. The molecule has 1 aromatic carbocycles. The van der Waals surface area contributed by atoms with Gasteiger partial charge in [0.25, 0.3) is 0 Å². The Bertz CT molecular complexity index is 558.